The predicted octanol–water partition coefficient (Wildman–Crippen LogP) is 3.24. The third kappa shape index (κ3) is 5.16. The van der Waals surface area contributed by atoms with E-state index in [1.807, 2.05) is 0 Å². The van der Waals surface area contributed by atoms with Gasteiger partial charge in [0.1, 0.15) is 9.25 Å². The van der Waals surface area contributed by atoms with Crippen LogP contribution in [0.4, 0.5) is 4.79 Å². The second-order valence-corrected chi connectivity index (χ2v) is 15.0. The number of benzene rings is 1. The SMILES string of the molecule is CC1SC2=NN(C(=O)N3CCN(S(=O)(=O)c4cc5ccc(Cl)cc5s4)CC3CC(=O)N(C)C)CCC2N1C. The van der Waals surface area contributed by atoms with Gasteiger partial charge in [0.05, 0.1) is 17.5 Å². The fourth-order valence-electron chi connectivity index (χ4n) is 4.97. The van der Waals surface area contributed by atoms with Crippen LogP contribution in [-0.2, 0) is 14.8 Å². The molecule has 3 aliphatic rings. The van der Waals surface area contributed by atoms with Gasteiger partial charge < -0.3 is 9.80 Å². The van der Waals surface area contributed by atoms with Crippen molar-refractivity contribution in [2.45, 2.75) is 41.4 Å². The van der Waals surface area contributed by atoms with E-state index >= 15 is 0 Å². The topological polar surface area (TPSA) is 96.8 Å². The minimum atomic E-state index is -3.83. The number of rotatable bonds is 4. The number of piperazine rings is 1. The van der Waals surface area contributed by atoms with Crippen molar-refractivity contribution < 1.29 is 18.0 Å². The molecule has 1 aromatic carbocycles. The highest BCUT2D eigenvalue weighted by Crippen LogP contribution is 2.36. The average molecular weight is 599 g/mol. The lowest BCUT2D eigenvalue weighted by molar-refractivity contribution is -0.130. The molecule has 3 aliphatic heterocycles. The molecule has 0 aliphatic carbocycles. The Hall–Kier alpha value is -1.90. The summed E-state index contributed by atoms with van der Waals surface area (Å²) in [7, 11) is 1.54. The molecule has 14 heteroatoms. The summed E-state index contributed by atoms with van der Waals surface area (Å²) < 4.78 is 29.7. The van der Waals surface area contributed by atoms with E-state index in [1.165, 1.54) is 25.6 Å². The Morgan fingerprint density at radius 2 is 1.95 bits per heavy atom. The number of thioether (sulfide) groups is 1. The van der Waals surface area contributed by atoms with Gasteiger partial charge in [-0.15, -0.1) is 11.3 Å². The van der Waals surface area contributed by atoms with Crippen molar-refractivity contribution in [3.63, 3.8) is 0 Å². The number of hydrazone groups is 1. The first kappa shape index (κ1) is 27.7. The summed E-state index contributed by atoms with van der Waals surface area (Å²) in [4.78, 5) is 31.7. The lowest BCUT2D eigenvalue weighted by Gasteiger charge is -2.42. The van der Waals surface area contributed by atoms with Gasteiger partial charge in [0.25, 0.3) is 10.0 Å². The molecule has 10 nitrogen and oxygen atoms in total. The molecule has 5 rings (SSSR count). The van der Waals surface area contributed by atoms with Gasteiger partial charge in [-0.3, -0.25) is 9.69 Å². The van der Waals surface area contributed by atoms with Crippen molar-refractivity contribution in [3.8, 4) is 0 Å². The molecular weight excluding hydrogens is 568 g/mol. The van der Waals surface area contributed by atoms with Crippen LogP contribution in [0.3, 0.4) is 0 Å². The van der Waals surface area contributed by atoms with E-state index in [2.05, 4.69) is 24.0 Å². The number of nitrogens with zero attached hydrogens (tertiary/aromatic N) is 6. The molecule has 0 bridgehead atoms. The molecule has 38 heavy (non-hydrogen) atoms. The molecule has 3 unspecified atom stereocenters. The van der Waals surface area contributed by atoms with Crippen LogP contribution < -0.4 is 0 Å². The van der Waals surface area contributed by atoms with Crippen molar-refractivity contribution in [1.29, 1.82) is 0 Å². The molecule has 1 aromatic heterocycles. The van der Waals surface area contributed by atoms with E-state index in [4.69, 9.17) is 11.6 Å². The first-order valence-electron chi connectivity index (χ1n) is 12.4. The van der Waals surface area contributed by atoms with E-state index < -0.39 is 16.1 Å². The fourth-order valence-corrected chi connectivity index (χ4v) is 9.52. The monoisotopic (exact) mass is 598 g/mol. The zero-order chi connectivity index (χ0) is 27.4. The maximum atomic E-state index is 13.7. The highest BCUT2D eigenvalue weighted by atomic mass is 35.5. The Morgan fingerprint density at radius 1 is 1.18 bits per heavy atom. The first-order valence-corrected chi connectivity index (χ1v) is 15.9. The number of thiophene rings is 1. The summed E-state index contributed by atoms with van der Waals surface area (Å²) >= 11 is 8.92. The number of carbonyl (C=O) groups is 2. The van der Waals surface area contributed by atoms with Crippen LogP contribution >= 0.6 is 34.7 Å². The normalized spacial score (nSPS) is 25.0. The Morgan fingerprint density at radius 3 is 2.68 bits per heavy atom. The van der Waals surface area contributed by atoms with Crippen LogP contribution in [0.1, 0.15) is 19.8 Å². The van der Waals surface area contributed by atoms with Crippen LogP contribution in [0.5, 0.6) is 0 Å². The number of carbonyl (C=O) groups excluding carboxylic acids is 2. The minimum Gasteiger partial charge on any atom is -0.349 e. The quantitative estimate of drug-likeness (QED) is 0.536. The van der Waals surface area contributed by atoms with Gasteiger partial charge in [0.15, 0.2) is 0 Å². The van der Waals surface area contributed by atoms with Crippen molar-refractivity contribution >= 4 is 71.8 Å². The second-order valence-electron chi connectivity index (χ2n) is 9.98. The van der Waals surface area contributed by atoms with Gasteiger partial charge >= 0.3 is 6.03 Å². The van der Waals surface area contributed by atoms with Crippen molar-refractivity contribution in [1.82, 2.24) is 24.0 Å². The van der Waals surface area contributed by atoms with Gasteiger partial charge in [-0.1, -0.05) is 29.4 Å². The van der Waals surface area contributed by atoms with Crippen molar-refractivity contribution in [2.24, 2.45) is 5.10 Å². The molecule has 2 aromatic rings. The smallest absolute Gasteiger partial charge is 0.340 e. The number of urea groups is 1. The summed E-state index contributed by atoms with van der Waals surface area (Å²) in [6.07, 6.45) is 0.804. The van der Waals surface area contributed by atoms with Crippen LogP contribution in [0.2, 0.25) is 5.02 Å². The molecule has 0 radical (unpaired) electrons. The lowest BCUT2D eigenvalue weighted by atomic mass is 10.1. The van der Waals surface area contributed by atoms with E-state index in [1.54, 1.807) is 55.0 Å². The van der Waals surface area contributed by atoms with E-state index in [0.717, 1.165) is 21.6 Å². The number of amides is 3. The Bertz CT molecular complexity index is 1400. The summed E-state index contributed by atoms with van der Waals surface area (Å²) in [6.45, 7) is 2.93. The Balaban J connectivity index is 1.38. The third-order valence-electron chi connectivity index (χ3n) is 7.35. The number of fused-ring (bicyclic) bond motifs is 2. The largest absolute Gasteiger partial charge is 0.349 e. The summed E-state index contributed by atoms with van der Waals surface area (Å²) in [5.41, 5.74) is 0. The zero-order valence-corrected chi connectivity index (χ0v) is 24.9. The molecule has 0 N–H and O–H groups in total. The average Bonchev–Trinajstić information content (AvgIpc) is 3.43. The van der Waals surface area contributed by atoms with Gasteiger partial charge in [0.2, 0.25) is 5.91 Å². The molecule has 206 valence electrons. The first-order chi connectivity index (χ1) is 18.0. The standard InChI is InChI=1S/C24H31ClN6O4S3/c1-15-28(4)19-7-8-31(26-23(19)36-15)24(33)30-10-9-29(14-18(30)13-21(32)27(2)3)38(34,35)22-11-16-5-6-17(25)12-20(16)37-22/h5-6,11-12,15,18-19H,7-10,13-14H2,1-4H3. The van der Waals surface area contributed by atoms with E-state index in [9.17, 15) is 18.0 Å². The summed E-state index contributed by atoms with van der Waals surface area (Å²) in [5.74, 6) is -0.171. The molecule has 3 atom stereocenters. The molecule has 4 heterocycles. The summed E-state index contributed by atoms with van der Waals surface area (Å²) in [6, 6.07) is 6.25. The third-order valence-corrected chi connectivity index (χ3v) is 12.3. The summed E-state index contributed by atoms with van der Waals surface area (Å²) in [5, 5.41) is 8.70. The van der Waals surface area contributed by atoms with Gasteiger partial charge in [-0.05, 0) is 44.0 Å². The van der Waals surface area contributed by atoms with Crippen LogP contribution in [-0.4, -0.2) is 114 Å². The minimum absolute atomic E-state index is 0.0222. The van der Waals surface area contributed by atoms with E-state index in [-0.39, 0.29) is 53.6 Å². The van der Waals surface area contributed by atoms with Gasteiger partial charge in [-0.2, -0.15) is 9.41 Å². The maximum absolute atomic E-state index is 13.7. The Labute approximate surface area is 236 Å². The van der Waals surface area contributed by atoms with E-state index in [0.29, 0.717) is 11.6 Å². The van der Waals surface area contributed by atoms with Crippen molar-refractivity contribution in [2.75, 3.05) is 47.3 Å². The van der Waals surface area contributed by atoms with Gasteiger partial charge in [-0.25, -0.2) is 18.2 Å². The second kappa shape index (κ2) is 10.6. The highest BCUT2D eigenvalue weighted by Gasteiger charge is 2.42. The molecule has 2 fully saturated rings. The highest BCUT2D eigenvalue weighted by molar-refractivity contribution is 8.14. The molecule has 2 saturated heterocycles. The molecular formula is C24H31ClN6O4S3. The maximum Gasteiger partial charge on any atom is 0.340 e. The molecule has 3 amide bonds. The number of sulfonamides is 1. The number of halogens is 1. The molecule has 0 spiro atoms. The predicted molar refractivity (Wildman–Crippen MR) is 152 cm³/mol. The van der Waals surface area contributed by atoms with Crippen molar-refractivity contribution in [3.05, 3.63) is 29.3 Å². The van der Waals surface area contributed by atoms with Crippen LogP contribution in [0, 0.1) is 0 Å². The lowest BCUT2D eigenvalue weighted by Crippen LogP contribution is -2.60. The molecule has 0 saturated carbocycles. The number of hydrogen-bond donors (Lipinski definition) is 0. The van der Waals surface area contributed by atoms with Crippen LogP contribution in [0.25, 0.3) is 10.1 Å². The zero-order valence-electron chi connectivity index (χ0n) is 21.7. The van der Waals surface area contributed by atoms with Gasteiger partial charge in [0, 0.05) is 56.4 Å². The fraction of sp³-hybridized carbons (Fsp3) is 0.542. The Kier molecular flexibility index (Phi) is 7.70. The number of hydrogen-bond acceptors (Lipinski definition) is 8. The van der Waals surface area contributed by atoms with Crippen LogP contribution in [0.15, 0.2) is 33.6 Å².